The van der Waals surface area contributed by atoms with Crippen molar-refractivity contribution in [2.45, 2.75) is 39.0 Å². The third-order valence-electron chi connectivity index (χ3n) is 3.77. The maximum Gasteiger partial charge on any atom is 0.0849 e. The van der Waals surface area contributed by atoms with Gasteiger partial charge in [-0.2, -0.15) is 0 Å². The van der Waals surface area contributed by atoms with E-state index in [4.69, 9.17) is 11.6 Å². The van der Waals surface area contributed by atoms with Crippen LogP contribution in [0.4, 0.5) is 0 Å². The van der Waals surface area contributed by atoms with Gasteiger partial charge in [0.25, 0.3) is 0 Å². The van der Waals surface area contributed by atoms with Gasteiger partial charge in [0.05, 0.1) is 5.38 Å². The highest BCUT2D eigenvalue weighted by atomic mass is 79.9. The topological polar surface area (TPSA) is 0 Å². The molecule has 0 bridgehead atoms. The lowest BCUT2D eigenvalue weighted by Gasteiger charge is -2.18. The van der Waals surface area contributed by atoms with Crippen molar-refractivity contribution in [3.8, 4) is 0 Å². The van der Waals surface area contributed by atoms with Gasteiger partial charge in [-0.05, 0) is 47.6 Å². The molecule has 0 spiro atoms. The molecule has 0 aliphatic heterocycles. The summed E-state index contributed by atoms with van der Waals surface area (Å²) < 4.78 is 1.11. The highest BCUT2D eigenvalue weighted by Crippen LogP contribution is 2.37. The lowest BCUT2D eigenvalue weighted by molar-refractivity contribution is 1.01. The first-order valence-electron chi connectivity index (χ1n) is 7.09. The summed E-state index contributed by atoms with van der Waals surface area (Å²) in [7, 11) is 0. The summed E-state index contributed by atoms with van der Waals surface area (Å²) in [6, 6.07) is 12.9. The van der Waals surface area contributed by atoms with Crippen LogP contribution < -0.4 is 0 Å². The number of hydrogen-bond donors (Lipinski definition) is 0. The van der Waals surface area contributed by atoms with E-state index >= 15 is 0 Å². The summed E-state index contributed by atoms with van der Waals surface area (Å²) in [6.45, 7) is 6.45. The van der Waals surface area contributed by atoms with Crippen molar-refractivity contribution < 1.29 is 0 Å². The molecule has 0 aliphatic rings. The molecule has 0 radical (unpaired) electrons. The summed E-state index contributed by atoms with van der Waals surface area (Å²) in [5.41, 5.74) is 6.27. The average molecular weight is 352 g/mol. The molecule has 0 nitrogen and oxygen atoms in total. The van der Waals surface area contributed by atoms with Crippen LogP contribution >= 0.6 is 27.5 Å². The summed E-state index contributed by atoms with van der Waals surface area (Å²) >= 11 is 10.5. The molecule has 0 amide bonds. The SMILES string of the molecule is CCc1ccc(CC)c(C(Cl)c2cccc(C)c2Br)c1. The number of halogens is 2. The summed E-state index contributed by atoms with van der Waals surface area (Å²) in [4.78, 5) is 0. The summed E-state index contributed by atoms with van der Waals surface area (Å²) in [6.07, 6.45) is 2.04. The van der Waals surface area contributed by atoms with E-state index in [1.807, 2.05) is 0 Å². The molecule has 0 saturated carbocycles. The van der Waals surface area contributed by atoms with Crippen molar-refractivity contribution in [1.82, 2.24) is 0 Å². The van der Waals surface area contributed by atoms with E-state index in [1.165, 1.54) is 22.3 Å². The summed E-state index contributed by atoms with van der Waals surface area (Å²) in [5, 5.41) is -0.106. The predicted octanol–water partition coefficient (Wildman–Crippen LogP) is 6.21. The molecule has 20 heavy (non-hydrogen) atoms. The highest BCUT2D eigenvalue weighted by molar-refractivity contribution is 9.10. The van der Waals surface area contributed by atoms with Crippen LogP contribution in [0.25, 0.3) is 0 Å². The van der Waals surface area contributed by atoms with Gasteiger partial charge in [-0.25, -0.2) is 0 Å². The van der Waals surface area contributed by atoms with E-state index in [-0.39, 0.29) is 5.38 Å². The van der Waals surface area contributed by atoms with E-state index < -0.39 is 0 Å². The normalized spacial score (nSPS) is 12.4. The molecule has 106 valence electrons. The van der Waals surface area contributed by atoms with Crippen LogP contribution in [0, 0.1) is 6.92 Å². The van der Waals surface area contributed by atoms with E-state index in [9.17, 15) is 0 Å². The van der Waals surface area contributed by atoms with Gasteiger partial charge in [0.2, 0.25) is 0 Å². The first-order chi connectivity index (χ1) is 9.58. The molecule has 0 heterocycles. The van der Waals surface area contributed by atoms with Crippen molar-refractivity contribution in [2.75, 3.05) is 0 Å². The molecule has 1 unspecified atom stereocenters. The third-order valence-corrected chi connectivity index (χ3v) is 5.32. The summed E-state index contributed by atoms with van der Waals surface area (Å²) in [5.74, 6) is 0. The molecule has 0 fully saturated rings. The smallest absolute Gasteiger partial charge is 0.0849 e. The fourth-order valence-electron chi connectivity index (χ4n) is 2.46. The van der Waals surface area contributed by atoms with Crippen LogP contribution in [0.3, 0.4) is 0 Å². The number of aryl methyl sites for hydroxylation is 3. The molecule has 2 heteroatoms. The zero-order chi connectivity index (χ0) is 14.7. The molecule has 0 N–H and O–H groups in total. The molecular formula is C18H20BrCl. The first-order valence-corrected chi connectivity index (χ1v) is 8.32. The van der Waals surface area contributed by atoms with Crippen molar-refractivity contribution in [2.24, 2.45) is 0 Å². The van der Waals surface area contributed by atoms with Crippen LogP contribution in [0.1, 0.15) is 47.0 Å². The molecule has 1 atom stereocenters. The van der Waals surface area contributed by atoms with E-state index in [0.29, 0.717) is 0 Å². The Morgan fingerprint density at radius 1 is 1.05 bits per heavy atom. The van der Waals surface area contributed by atoms with Gasteiger partial charge >= 0.3 is 0 Å². The molecule has 0 aliphatic carbocycles. The van der Waals surface area contributed by atoms with Crippen LogP contribution in [0.2, 0.25) is 0 Å². The second-order valence-corrected chi connectivity index (χ2v) is 6.31. The van der Waals surface area contributed by atoms with E-state index in [0.717, 1.165) is 22.9 Å². The van der Waals surface area contributed by atoms with Crippen molar-refractivity contribution in [3.63, 3.8) is 0 Å². The average Bonchev–Trinajstić information content (AvgIpc) is 2.48. The van der Waals surface area contributed by atoms with Gasteiger partial charge in [0.15, 0.2) is 0 Å². The van der Waals surface area contributed by atoms with Crippen LogP contribution in [0.15, 0.2) is 40.9 Å². The zero-order valence-corrected chi connectivity index (χ0v) is 14.6. The van der Waals surface area contributed by atoms with Gasteiger partial charge in [-0.3, -0.25) is 0 Å². The third kappa shape index (κ3) is 3.10. The predicted molar refractivity (Wildman–Crippen MR) is 91.8 cm³/mol. The Kier molecular flexibility index (Phi) is 5.29. The minimum absolute atomic E-state index is 0.106. The zero-order valence-electron chi connectivity index (χ0n) is 12.2. The van der Waals surface area contributed by atoms with Gasteiger partial charge in [-0.1, -0.05) is 66.2 Å². The van der Waals surface area contributed by atoms with Crippen molar-refractivity contribution >= 4 is 27.5 Å². The Bertz CT molecular complexity index is 604. The molecule has 2 rings (SSSR count). The Labute approximate surface area is 135 Å². The largest absolute Gasteiger partial charge is 0.113 e. The Morgan fingerprint density at radius 3 is 2.45 bits per heavy atom. The van der Waals surface area contributed by atoms with Crippen molar-refractivity contribution in [1.29, 1.82) is 0 Å². The molecule has 0 saturated heterocycles. The standard InChI is InChI=1S/C18H20BrCl/c1-4-13-9-10-14(5-2)16(11-13)18(20)15-8-6-7-12(3)17(15)19/h6-11,18H,4-5H2,1-3H3. The monoisotopic (exact) mass is 350 g/mol. The number of benzene rings is 2. The van der Waals surface area contributed by atoms with Crippen LogP contribution in [0.5, 0.6) is 0 Å². The maximum absolute atomic E-state index is 6.79. The van der Waals surface area contributed by atoms with Crippen LogP contribution in [-0.2, 0) is 12.8 Å². The quantitative estimate of drug-likeness (QED) is 0.574. The molecule has 2 aromatic rings. The van der Waals surface area contributed by atoms with Gasteiger partial charge < -0.3 is 0 Å². The fourth-order valence-corrected chi connectivity index (χ4v) is 3.47. The number of hydrogen-bond acceptors (Lipinski definition) is 0. The number of rotatable bonds is 4. The lowest BCUT2D eigenvalue weighted by atomic mass is 9.94. The maximum atomic E-state index is 6.79. The van der Waals surface area contributed by atoms with Gasteiger partial charge in [-0.15, -0.1) is 11.6 Å². The first kappa shape index (κ1) is 15.6. The van der Waals surface area contributed by atoms with E-state index in [1.54, 1.807) is 0 Å². The molecular weight excluding hydrogens is 332 g/mol. The minimum Gasteiger partial charge on any atom is -0.113 e. The molecule has 2 aromatic carbocycles. The second kappa shape index (κ2) is 6.78. The van der Waals surface area contributed by atoms with Crippen LogP contribution in [-0.4, -0.2) is 0 Å². The lowest BCUT2D eigenvalue weighted by Crippen LogP contribution is -2.01. The Morgan fingerprint density at radius 2 is 1.80 bits per heavy atom. The fraction of sp³-hybridized carbons (Fsp3) is 0.333. The number of alkyl halides is 1. The second-order valence-electron chi connectivity index (χ2n) is 5.08. The minimum atomic E-state index is -0.106. The van der Waals surface area contributed by atoms with Crippen molar-refractivity contribution in [3.05, 3.63) is 68.7 Å². The van der Waals surface area contributed by atoms with Gasteiger partial charge in [0.1, 0.15) is 0 Å². The highest BCUT2D eigenvalue weighted by Gasteiger charge is 2.18. The van der Waals surface area contributed by atoms with Gasteiger partial charge in [0, 0.05) is 4.47 Å². The Balaban J connectivity index is 2.51. The molecule has 0 aromatic heterocycles. The Hall–Kier alpha value is -0.790. The van der Waals surface area contributed by atoms with E-state index in [2.05, 4.69) is 73.1 Å².